The van der Waals surface area contributed by atoms with E-state index in [0.29, 0.717) is 6.42 Å². The molecule has 0 radical (unpaired) electrons. The van der Waals surface area contributed by atoms with Crippen molar-refractivity contribution < 1.29 is 9.53 Å². The number of hydrogen-bond acceptors (Lipinski definition) is 3. The first-order valence-corrected chi connectivity index (χ1v) is 6.13. The molecule has 0 unspecified atom stereocenters. The van der Waals surface area contributed by atoms with Gasteiger partial charge in [-0.15, -0.1) is 0 Å². The largest absolute Gasteiger partial charge is 0.371 e. The fraction of sp³-hybridized carbons (Fsp3) is 0.333. The van der Waals surface area contributed by atoms with Gasteiger partial charge in [0.25, 0.3) is 0 Å². The average molecular weight is 243 g/mol. The predicted octanol–water partition coefficient (Wildman–Crippen LogP) is 2.77. The van der Waals surface area contributed by atoms with Crippen molar-refractivity contribution in [2.45, 2.75) is 26.4 Å². The van der Waals surface area contributed by atoms with Gasteiger partial charge in [0.05, 0.1) is 11.6 Å². The van der Waals surface area contributed by atoms with Gasteiger partial charge in [0.1, 0.15) is 6.61 Å². The van der Waals surface area contributed by atoms with Gasteiger partial charge in [0.2, 0.25) is 0 Å². The molecule has 3 heteroatoms. The lowest BCUT2D eigenvalue weighted by Gasteiger charge is -2.08. The number of rotatable bonds is 5. The van der Waals surface area contributed by atoms with Crippen LogP contribution in [0.5, 0.6) is 0 Å². The number of fused-ring (bicyclic) bond motifs is 1. The van der Waals surface area contributed by atoms with Gasteiger partial charge in [-0.05, 0) is 31.5 Å². The molecular weight excluding hydrogens is 226 g/mol. The van der Waals surface area contributed by atoms with Crippen LogP contribution in [0.1, 0.15) is 19.4 Å². The Hall–Kier alpha value is -1.74. The number of pyridine rings is 1. The molecule has 0 amide bonds. The molecule has 0 saturated heterocycles. The summed E-state index contributed by atoms with van der Waals surface area (Å²) >= 11 is 0. The van der Waals surface area contributed by atoms with Crippen molar-refractivity contribution in [1.82, 2.24) is 4.98 Å². The molecule has 0 atom stereocenters. The van der Waals surface area contributed by atoms with Crippen molar-refractivity contribution in [2.75, 3.05) is 6.61 Å². The third kappa shape index (κ3) is 3.14. The summed E-state index contributed by atoms with van der Waals surface area (Å²) in [5, 5.41) is 1.04. The van der Waals surface area contributed by atoms with E-state index in [1.807, 2.05) is 44.2 Å². The SMILES string of the molecule is CC(C)OCC(=O)Cc1ccnc2ccccc12. The van der Waals surface area contributed by atoms with Gasteiger partial charge < -0.3 is 4.74 Å². The maximum atomic E-state index is 11.8. The number of aromatic nitrogens is 1. The number of nitrogens with zero attached hydrogens (tertiary/aromatic N) is 1. The molecule has 0 aliphatic carbocycles. The van der Waals surface area contributed by atoms with Gasteiger partial charge in [-0.1, -0.05) is 18.2 Å². The Kier molecular flexibility index (Phi) is 4.05. The topological polar surface area (TPSA) is 39.2 Å². The first-order valence-electron chi connectivity index (χ1n) is 6.13. The van der Waals surface area contributed by atoms with Gasteiger partial charge >= 0.3 is 0 Å². The molecule has 3 nitrogen and oxygen atoms in total. The molecule has 94 valence electrons. The maximum absolute atomic E-state index is 11.8. The van der Waals surface area contributed by atoms with E-state index >= 15 is 0 Å². The lowest BCUT2D eigenvalue weighted by atomic mass is 10.0. The number of Topliss-reactive ketones (excluding diaryl/α,β-unsaturated/α-hetero) is 1. The number of carbonyl (C=O) groups is 1. The second kappa shape index (κ2) is 5.74. The van der Waals surface area contributed by atoms with Crippen LogP contribution >= 0.6 is 0 Å². The number of carbonyl (C=O) groups excluding carboxylic acids is 1. The maximum Gasteiger partial charge on any atom is 0.162 e. The lowest BCUT2D eigenvalue weighted by Crippen LogP contribution is -2.15. The third-order valence-electron chi connectivity index (χ3n) is 2.70. The highest BCUT2D eigenvalue weighted by Gasteiger charge is 2.08. The molecule has 2 rings (SSSR count). The highest BCUT2D eigenvalue weighted by Crippen LogP contribution is 2.16. The van der Waals surface area contributed by atoms with E-state index in [0.717, 1.165) is 16.5 Å². The van der Waals surface area contributed by atoms with Crippen LogP contribution in [-0.4, -0.2) is 23.5 Å². The molecule has 0 fully saturated rings. The molecule has 18 heavy (non-hydrogen) atoms. The van der Waals surface area contributed by atoms with Gasteiger partial charge in [-0.2, -0.15) is 0 Å². The van der Waals surface area contributed by atoms with Crippen LogP contribution in [-0.2, 0) is 16.0 Å². The molecule has 0 saturated carbocycles. The van der Waals surface area contributed by atoms with Gasteiger partial charge in [0, 0.05) is 18.0 Å². The summed E-state index contributed by atoms with van der Waals surface area (Å²) in [6.07, 6.45) is 2.23. The van der Waals surface area contributed by atoms with E-state index in [2.05, 4.69) is 4.98 Å². The molecule has 0 aliphatic rings. The summed E-state index contributed by atoms with van der Waals surface area (Å²) in [5.74, 6) is 0.0973. The minimum absolute atomic E-state index is 0.0862. The molecule has 0 aliphatic heterocycles. The number of para-hydroxylation sites is 1. The van der Waals surface area contributed by atoms with E-state index in [4.69, 9.17) is 4.74 Å². The molecule has 2 aromatic rings. The van der Waals surface area contributed by atoms with E-state index < -0.39 is 0 Å². The predicted molar refractivity (Wildman–Crippen MR) is 71.5 cm³/mol. The minimum atomic E-state index is 0.0862. The molecule has 0 spiro atoms. The van der Waals surface area contributed by atoms with Gasteiger partial charge in [0.15, 0.2) is 5.78 Å². The summed E-state index contributed by atoms with van der Waals surface area (Å²) < 4.78 is 5.32. The van der Waals surface area contributed by atoms with Crippen LogP contribution in [0.25, 0.3) is 10.9 Å². The van der Waals surface area contributed by atoms with Crippen LogP contribution in [0.3, 0.4) is 0 Å². The van der Waals surface area contributed by atoms with Crippen LogP contribution in [0.2, 0.25) is 0 Å². The van der Waals surface area contributed by atoms with Crippen LogP contribution in [0.15, 0.2) is 36.5 Å². The van der Waals surface area contributed by atoms with E-state index in [9.17, 15) is 4.79 Å². The van der Waals surface area contributed by atoms with E-state index in [-0.39, 0.29) is 18.5 Å². The Morgan fingerprint density at radius 1 is 1.28 bits per heavy atom. The monoisotopic (exact) mass is 243 g/mol. The van der Waals surface area contributed by atoms with Crippen LogP contribution < -0.4 is 0 Å². The Morgan fingerprint density at radius 2 is 2.06 bits per heavy atom. The van der Waals surface area contributed by atoms with Crippen molar-refractivity contribution in [3.05, 3.63) is 42.1 Å². The smallest absolute Gasteiger partial charge is 0.162 e. The molecule has 0 bridgehead atoms. The zero-order chi connectivity index (χ0) is 13.0. The normalized spacial score (nSPS) is 11.1. The summed E-state index contributed by atoms with van der Waals surface area (Å²) in [7, 11) is 0. The summed E-state index contributed by atoms with van der Waals surface area (Å²) in [4.78, 5) is 16.1. The van der Waals surface area contributed by atoms with Gasteiger partial charge in [-0.25, -0.2) is 0 Å². The van der Waals surface area contributed by atoms with Crippen molar-refractivity contribution >= 4 is 16.7 Å². The summed E-state index contributed by atoms with van der Waals surface area (Å²) in [6.45, 7) is 4.03. The Labute approximate surface area is 107 Å². The fourth-order valence-corrected chi connectivity index (χ4v) is 1.83. The highest BCUT2D eigenvalue weighted by molar-refractivity contribution is 5.89. The fourth-order valence-electron chi connectivity index (χ4n) is 1.83. The number of ether oxygens (including phenoxy) is 1. The Balaban J connectivity index is 2.14. The Bertz CT molecular complexity index is 544. The van der Waals surface area contributed by atoms with Crippen molar-refractivity contribution in [2.24, 2.45) is 0 Å². The van der Waals surface area contributed by atoms with Crippen molar-refractivity contribution in [1.29, 1.82) is 0 Å². The molecule has 0 N–H and O–H groups in total. The number of ketones is 1. The molecule has 1 heterocycles. The van der Waals surface area contributed by atoms with E-state index in [1.54, 1.807) is 6.20 Å². The Morgan fingerprint density at radius 3 is 2.83 bits per heavy atom. The lowest BCUT2D eigenvalue weighted by molar-refractivity contribution is -0.124. The third-order valence-corrected chi connectivity index (χ3v) is 2.70. The van der Waals surface area contributed by atoms with Crippen molar-refractivity contribution in [3.8, 4) is 0 Å². The standard InChI is InChI=1S/C15H17NO2/c1-11(2)18-10-13(17)9-12-7-8-16-15-6-4-3-5-14(12)15/h3-8,11H,9-10H2,1-2H3. The van der Waals surface area contributed by atoms with Crippen molar-refractivity contribution in [3.63, 3.8) is 0 Å². The average Bonchev–Trinajstić information content (AvgIpc) is 2.37. The second-order valence-electron chi connectivity index (χ2n) is 4.56. The first-order chi connectivity index (χ1) is 8.66. The minimum Gasteiger partial charge on any atom is -0.371 e. The number of hydrogen-bond donors (Lipinski definition) is 0. The summed E-state index contributed by atoms with van der Waals surface area (Å²) in [6, 6.07) is 9.75. The molecule has 1 aromatic heterocycles. The molecular formula is C15H17NO2. The molecule has 1 aromatic carbocycles. The highest BCUT2D eigenvalue weighted by atomic mass is 16.5. The van der Waals surface area contributed by atoms with Gasteiger partial charge in [-0.3, -0.25) is 9.78 Å². The van der Waals surface area contributed by atoms with E-state index in [1.165, 1.54) is 0 Å². The van der Waals surface area contributed by atoms with Crippen LogP contribution in [0.4, 0.5) is 0 Å². The first kappa shape index (κ1) is 12.7. The van der Waals surface area contributed by atoms with Crippen LogP contribution in [0, 0.1) is 0 Å². The summed E-state index contributed by atoms with van der Waals surface area (Å²) in [5.41, 5.74) is 1.94. The second-order valence-corrected chi connectivity index (χ2v) is 4.56. The number of benzene rings is 1. The zero-order valence-corrected chi connectivity index (χ0v) is 10.7. The zero-order valence-electron chi connectivity index (χ0n) is 10.7. The quantitative estimate of drug-likeness (QED) is 0.810.